The number of hydrogen-bond acceptors (Lipinski definition) is 1. The van der Waals surface area contributed by atoms with E-state index >= 15 is 0 Å². The topological polar surface area (TPSA) is 37.3 Å². The predicted molar refractivity (Wildman–Crippen MR) is 96.1 cm³/mol. The Balaban J connectivity index is 3.22. The van der Waals surface area contributed by atoms with Crippen molar-refractivity contribution in [1.82, 2.24) is 0 Å². The summed E-state index contributed by atoms with van der Waals surface area (Å²) in [5.74, 6) is -0.898. The maximum absolute atomic E-state index is 10.2. The summed E-state index contributed by atoms with van der Waals surface area (Å²) in [5, 5.41) is 8.41. The Morgan fingerprint density at radius 1 is 0.727 bits per heavy atom. The number of unbranched alkanes of at least 4 members (excludes halogenated alkanes) is 10. The van der Waals surface area contributed by atoms with E-state index in [1.54, 1.807) is 12.2 Å². The van der Waals surface area contributed by atoms with E-state index in [0.29, 0.717) is 0 Å². The molecule has 0 aromatic rings. The average Bonchev–Trinajstić information content (AvgIpc) is 2.50. The van der Waals surface area contributed by atoms with Crippen LogP contribution in [0.1, 0.15) is 84.0 Å². The van der Waals surface area contributed by atoms with E-state index < -0.39 is 5.97 Å². The number of hydrogen-bond donors (Lipinski definition) is 1. The van der Waals surface area contributed by atoms with Crippen LogP contribution in [0.5, 0.6) is 0 Å². The summed E-state index contributed by atoms with van der Waals surface area (Å²) in [4.78, 5) is 10.2. The van der Waals surface area contributed by atoms with Gasteiger partial charge in [0, 0.05) is 6.08 Å². The summed E-state index contributed by atoms with van der Waals surface area (Å²) >= 11 is 0. The van der Waals surface area contributed by atoms with E-state index in [0.717, 1.165) is 18.9 Å². The first-order valence-electron chi connectivity index (χ1n) is 8.98. The van der Waals surface area contributed by atoms with E-state index in [4.69, 9.17) is 5.11 Å². The smallest absolute Gasteiger partial charge is 0.328 e. The van der Waals surface area contributed by atoms with Gasteiger partial charge >= 0.3 is 5.97 Å². The van der Waals surface area contributed by atoms with Gasteiger partial charge in [-0.15, -0.1) is 0 Å². The van der Waals surface area contributed by atoms with Gasteiger partial charge in [-0.25, -0.2) is 4.79 Å². The molecular weight excluding hydrogens is 272 g/mol. The average molecular weight is 306 g/mol. The molecule has 0 atom stereocenters. The Morgan fingerprint density at radius 3 is 1.91 bits per heavy atom. The molecule has 0 bridgehead atoms. The molecule has 0 unspecified atom stereocenters. The fourth-order valence-electron chi connectivity index (χ4n) is 2.31. The Bertz CT molecular complexity index is 327. The van der Waals surface area contributed by atoms with Gasteiger partial charge in [0.25, 0.3) is 0 Å². The van der Waals surface area contributed by atoms with E-state index in [9.17, 15) is 4.79 Å². The van der Waals surface area contributed by atoms with E-state index in [1.165, 1.54) is 64.2 Å². The summed E-state index contributed by atoms with van der Waals surface area (Å²) in [6.45, 7) is 2.26. The van der Waals surface area contributed by atoms with Crippen LogP contribution in [-0.4, -0.2) is 11.1 Å². The molecule has 0 aliphatic heterocycles. The summed E-state index contributed by atoms with van der Waals surface area (Å²) in [6, 6.07) is 0. The van der Waals surface area contributed by atoms with Gasteiger partial charge < -0.3 is 5.11 Å². The van der Waals surface area contributed by atoms with Crippen molar-refractivity contribution in [3.8, 4) is 0 Å². The molecule has 2 heteroatoms. The maximum Gasteiger partial charge on any atom is 0.328 e. The van der Waals surface area contributed by atoms with Crippen LogP contribution in [0.15, 0.2) is 36.5 Å². The zero-order valence-electron chi connectivity index (χ0n) is 14.3. The lowest BCUT2D eigenvalue weighted by Crippen LogP contribution is -1.84. The molecule has 0 aromatic carbocycles. The number of rotatable bonds is 15. The van der Waals surface area contributed by atoms with Crippen molar-refractivity contribution in [1.29, 1.82) is 0 Å². The second-order valence-electron chi connectivity index (χ2n) is 5.79. The molecule has 0 spiro atoms. The minimum Gasteiger partial charge on any atom is -0.478 e. The molecule has 0 fully saturated rings. The monoisotopic (exact) mass is 306 g/mol. The second kappa shape index (κ2) is 17.7. The third kappa shape index (κ3) is 18.7. The molecule has 0 heterocycles. The van der Waals surface area contributed by atoms with Crippen molar-refractivity contribution in [2.45, 2.75) is 84.0 Å². The third-order valence-corrected chi connectivity index (χ3v) is 3.63. The van der Waals surface area contributed by atoms with Crippen LogP contribution in [0.2, 0.25) is 0 Å². The molecule has 126 valence electrons. The maximum atomic E-state index is 10.2. The quantitative estimate of drug-likeness (QED) is 0.163. The van der Waals surface area contributed by atoms with Crippen molar-refractivity contribution >= 4 is 5.97 Å². The lowest BCUT2D eigenvalue weighted by molar-refractivity contribution is -0.131. The van der Waals surface area contributed by atoms with Gasteiger partial charge in [-0.1, -0.05) is 88.7 Å². The van der Waals surface area contributed by atoms with Crippen molar-refractivity contribution in [3.05, 3.63) is 36.5 Å². The van der Waals surface area contributed by atoms with Gasteiger partial charge in [-0.05, 0) is 25.7 Å². The first-order chi connectivity index (χ1) is 10.8. The molecule has 0 saturated heterocycles. The standard InChI is InChI=1S/C20H34O2/c1-2-3-4-5-6-7-8-9-10-11-12-13-14-15-16-17-18-19-20(21)22/h12-13,16-19H,2-11,14-15H2,1H3,(H,21,22). The van der Waals surface area contributed by atoms with Gasteiger partial charge in [0.1, 0.15) is 0 Å². The van der Waals surface area contributed by atoms with Crippen LogP contribution in [0.25, 0.3) is 0 Å². The first kappa shape index (κ1) is 20.7. The van der Waals surface area contributed by atoms with E-state index in [1.807, 2.05) is 6.08 Å². The Kier molecular flexibility index (Phi) is 16.7. The van der Waals surface area contributed by atoms with Crippen molar-refractivity contribution in [2.24, 2.45) is 0 Å². The normalized spacial score (nSPS) is 12.0. The number of allylic oxidation sites excluding steroid dienone is 5. The number of carboxylic acid groups (broad SMARTS) is 1. The zero-order chi connectivity index (χ0) is 16.3. The van der Waals surface area contributed by atoms with Crippen LogP contribution in [0.3, 0.4) is 0 Å². The van der Waals surface area contributed by atoms with Crippen molar-refractivity contribution < 1.29 is 9.90 Å². The lowest BCUT2D eigenvalue weighted by Gasteiger charge is -2.00. The van der Waals surface area contributed by atoms with Crippen LogP contribution < -0.4 is 0 Å². The summed E-state index contributed by atoms with van der Waals surface area (Å²) in [5.41, 5.74) is 0. The molecule has 1 N–H and O–H groups in total. The largest absolute Gasteiger partial charge is 0.478 e. The Morgan fingerprint density at radius 2 is 1.27 bits per heavy atom. The van der Waals surface area contributed by atoms with E-state index in [2.05, 4.69) is 19.1 Å². The fourth-order valence-corrected chi connectivity index (χ4v) is 2.31. The highest BCUT2D eigenvalue weighted by atomic mass is 16.4. The van der Waals surface area contributed by atoms with Crippen LogP contribution in [0, 0.1) is 0 Å². The molecule has 0 rings (SSSR count). The minimum atomic E-state index is -0.898. The fraction of sp³-hybridized carbons (Fsp3) is 0.650. The van der Waals surface area contributed by atoms with E-state index in [-0.39, 0.29) is 0 Å². The summed E-state index contributed by atoms with van der Waals surface area (Å²) < 4.78 is 0. The van der Waals surface area contributed by atoms with Crippen LogP contribution in [-0.2, 0) is 4.79 Å². The number of aliphatic carboxylic acids is 1. The van der Waals surface area contributed by atoms with Gasteiger partial charge in [0.05, 0.1) is 0 Å². The highest BCUT2D eigenvalue weighted by Gasteiger charge is 1.91. The molecule has 0 saturated carbocycles. The Labute approximate surface area is 137 Å². The van der Waals surface area contributed by atoms with Crippen molar-refractivity contribution in [3.63, 3.8) is 0 Å². The number of carboxylic acids is 1. The number of carbonyl (C=O) groups is 1. The highest BCUT2D eigenvalue weighted by Crippen LogP contribution is 2.10. The van der Waals surface area contributed by atoms with Gasteiger partial charge in [0.15, 0.2) is 0 Å². The molecule has 2 nitrogen and oxygen atoms in total. The van der Waals surface area contributed by atoms with Gasteiger partial charge in [-0.2, -0.15) is 0 Å². The molecule has 0 aromatic heterocycles. The van der Waals surface area contributed by atoms with Crippen LogP contribution >= 0.6 is 0 Å². The predicted octanol–water partition coefficient (Wildman–Crippen LogP) is 6.44. The molecule has 0 aliphatic rings. The molecular formula is C20H34O2. The molecule has 0 amide bonds. The minimum absolute atomic E-state index is 0.898. The summed E-state index contributed by atoms with van der Waals surface area (Å²) in [6.07, 6.45) is 26.7. The van der Waals surface area contributed by atoms with Crippen molar-refractivity contribution in [2.75, 3.05) is 0 Å². The zero-order valence-corrected chi connectivity index (χ0v) is 14.3. The van der Waals surface area contributed by atoms with Crippen LogP contribution in [0.4, 0.5) is 0 Å². The van der Waals surface area contributed by atoms with Gasteiger partial charge in [0.2, 0.25) is 0 Å². The lowest BCUT2D eigenvalue weighted by atomic mass is 10.1. The van der Waals surface area contributed by atoms with Gasteiger partial charge in [-0.3, -0.25) is 0 Å². The molecule has 0 radical (unpaired) electrons. The second-order valence-corrected chi connectivity index (χ2v) is 5.79. The SMILES string of the molecule is CCCCCCCCCCCC=CCCC=CC=CC(=O)O. The summed E-state index contributed by atoms with van der Waals surface area (Å²) in [7, 11) is 0. The first-order valence-corrected chi connectivity index (χ1v) is 8.98. The molecule has 0 aliphatic carbocycles. The molecule has 22 heavy (non-hydrogen) atoms. The highest BCUT2D eigenvalue weighted by molar-refractivity contribution is 5.80. The Hall–Kier alpha value is -1.31. The third-order valence-electron chi connectivity index (χ3n) is 3.63.